The smallest absolute Gasteiger partial charge is 0.336 e. The van der Waals surface area contributed by atoms with Crippen molar-refractivity contribution in [3.8, 4) is 0 Å². The number of fused-ring (bicyclic) bond motifs is 1. The van der Waals surface area contributed by atoms with E-state index >= 15 is 0 Å². The molecule has 0 saturated carbocycles. The highest BCUT2D eigenvalue weighted by molar-refractivity contribution is 5.99. The lowest BCUT2D eigenvalue weighted by Gasteiger charge is -2.50. The Balaban J connectivity index is 1.77. The molecule has 2 aliphatic heterocycles. The number of hydrogen-bond donors (Lipinski definition) is 3. The van der Waals surface area contributed by atoms with E-state index in [2.05, 4.69) is 28.4 Å². The van der Waals surface area contributed by atoms with Gasteiger partial charge in [-0.3, -0.25) is 9.69 Å². The number of likely N-dealkylation sites (tertiary alicyclic amines) is 1. The van der Waals surface area contributed by atoms with Crippen molar-refractivity contribution in [3.63, 3.8) is 0 Å². The third-order valence-corrected chi connectivity index (χ3v) is 8.88. The van der Waals surface area contributed by atoms with Gasteiger partial charge < -0.3 is 25.0 Å². The standard InChI is InChI=1S/C30H36N2O6/c1-4-29(36,18-33)16-20-23(27(34)37-2)24(28(35)38-3)25-30(21-12-8-9-13-22(21)31-25)14-15-32(26(20)30)17-19-10-6-5-7-11-19/h5-13,20,23,26,31,33,36H,4,14-18H2,1-3H3/t20-,23-,26+,29-,30+/m0/s1. The van der Waals surface area contributed by atoms with Crippen LogP contribution >= 0.6 is 0 Å². The summed E-state index contributed by atoms with van der Waals surface area (Å²) in [6, 6.07) is 17.9. The second-order valence-corrected chi connectivity index (χ2v) is 10.7. The van der Waals surface area contributed by atoms with Crippen LogP contribution in [0.3, 0.4) is 0 Å². The zero-order valence-corrected chi connectivity index (χ0v) is 22.1. The minimum absolute atomic E-state index is 0.118. The van der Waals surface area contributed by atoms with E-state index in [1.165, 1.54) is 14.2 Å². The monoisotopic (exact) mass is 520 g/mol. The van der Waals surface area contributed by atoms with Crippen LogP contribution in [0.15, 0.2) is 65.9 Å². The van der Waals surface area contributed by atoms with E-state index in [1.54, 1.807) is 0 Å². The van der Waals surface area contributed by atoms with E-state index in [9.17, 15) is 19.8 Å². The molecule has 3 aliphatic rings. The molecule has 2 aromatic carbocycles. The fourth-order valence-electron chi connectivity index (χ4n) is 7.09. The topological polar surface area (TPSA) is 108 Å². The lowest BCUT2D eigenvalue weighted by Crippen LogP contribution is -2.58. The first-order chi connectivity index (χ1) is 18.3. The number of hydrogen-bond acceptors (Lipinski definition) is 8. The Labute approximate surface area is 223 Å². The molecule has 1 fully saturated rings. The van der Waals surface area contributed by atoms with Crippen LogP contribution in [0.1, 0.15) is 37.3 Å². The summed E-state index contributed by atoms with van der Waals surface area (Å²) in [5, 5.41) is 25.1. The van der Waals surface area contributed by atoms with Crippen molar-refractivity contribution >= 4 is 17.6 Å². The average Bonchev–Trinajstić information content (AvgIpc) is 3.49. The molecule has 1 aliphatic carbocycles. The molecule has 0 bridgehead atoms. The molecule has 0 aromatic heterocycles. The number of aliphatic hydroxyl groups is 2. The maximum atomic E-state index is 13.5. The summed E-state index contributed by atoms with van der Waals surface area (Å²) in [4.78, 5) is 29.3. The summed E-state index contributed by atoms with van der Waals surface area (Å²) in [6.45, 7) is 2.73. The Morgan fingerprint density at radius 2 is 1.82 bits per heavy atom. The van der Waals surface area contributed by atoms with Gasteiger partial charge in [0.05, 0.1) is 43.3 Å². The van der Waals surface area contributed by atoms with E-state index in [4.69, 9.17) is 9.47 Å². The predicted molar refractivity (Wildman–Crippen MR) is 142 cm³/mol. The SMILES string of the molecule is CC[C@@](O)(CO)C[C@H]1[C@H](C(=O)OC)C(C(=O)OC)=C2Nc3ccccc3[C@]23CCN(Cc2ccccc2)[C@H]13. The third-order valence-electron chi connectivity index (χ3n) is 8.88. The van der Waals surface area contributed by atoms with Crippen molar-refractivity contribution in [1.82, 2.24) is 4.90 Å². The van der Waals surface area contributed by atoms with Gasteiger partial charge in [0.15, 0.2) is 0 Å². The third kappa shape index (κ3) is 4.02. The summed E-state index contributed by atoms with van der Waals surface area (Å²) in [6.07, 6.45) is 1.14. The van der Waals surface area contributed by atoms with Crippen molar-refractivity contribution in [2.75, 3.05) is 32.7 Å². The fourth-order valence-corrected chi connectivity index (χ4v) is 7.09. The molecule has 0 radical (unpaired) electrons. The number of nitrogens with zero attached hydrogens (tertiary/aromatic N) is 1. The average molecular weight is 521 g/mol. The molecule has 38 heavy (non-hydrogen) atoms. The summed E-state index contributed by atoms with van der Waals surface area (Å²) in [5.41, 5.74) is 1.98. The molecule has 3 N–H and O–H groups in total. The Hall–Kier alpha value is -3.20. The number of aliphatic hydroxyl groups excluding tert-OH is 1. The molecule has 1 spiro atoms. The number of ether oxygens (including phenoxy) is 2. The van der Waals surface area contributed by atoms with Crippen molar-refractivity contribution in [2.24, 2.45) is 11.8 Å². The minimum atomic E-state index is -1.43. The highest BCUT2D eigenvalue weighted by Crippen LogP contribution is 2.61. The molecule has 8 heteroatoms. The summed E-state index contributed by atoms with van der Waals surface area (Å²) in [7, 11) is 2.62. The van der Waals surface area contributed by atoms with E-state index in [1.807, 2.05) is 43.3 Å². The van der Waals surface area contributed by atoms with Crippen LogP contribution in [-0.2, 0) is 31.0 Å². The second kappa shape index (κ2) is 10.2. The molecule has 202 valence electrons. The molecule has 0 amide bonds. The van der Waals surface area contributed by atoms with E-state index < -0.39 is 41.4 Å². The van der Waals surface area contributed by atoms with Crippen molar-refractivity contribution in [1.29, 1.82) is 0 Å². The van der Waals surface area contributed by atoms with Crippen molar-refractivity contribution < 1.29 is 29.3 Å². The molecular formula is C30H36N2O6. The number of para-hydroxylation sites is 1. The van der Waals surface area contributed by atoms with Gasteiger partial charge >= 0.3 is 11.9 Å². The van der Waals surface area contributed by atoms with Crippen LogP contribution in [0.25, 0.3) is 0 Å². The van der Waals surface area contributed by atoms with Crippen molar-refractivity contribution in [3.05, 3.63) is 77.0 Å². The molecule has 2 heterocycles. The maximum absolute atomic E-state index is 13.5. The number of nitrogens with one attached hydrogen (secondary N) is 1. The van der Waals surface area contributed by atoms with Gasteiger partial charge in [0.1, 0.15) is 0 Å². The lowest BCUT2D eigenvalue weighted by atomic mass is 9.57. The quantitative estimate of drug-likeness (QED) is 0.456. The van der Waals surface area contributed by atoms with Crippen molar-refractivity contribution in [2.45, 2.75) is 49.8 Å². The first-order valence-corrected chi connectivity index (χ1v) is 13.2. The summed E-state index contributed by atoms with van der Waals surface area (Å²) >= 11 is 0. The molecule has 5 atom stereocenters. The van der Waals surface area contributed by atoms with Crippen LogP contribution in [-0.4, -0.2) is 66.1 Å². The van der Waals surface area contributed by atoms with E-state index in [0.717, 1.165) is 29.8 Å². The normalized spacial score (nSPS) is 27.6. The number of methoxy groups -OCH3 is 2. The van der Waals surface area contributed by atoms with Gasteiger partial charge in [0.2, 0.25) is 0 Å². The molecular weight excluding hydrogens is 484 g/mol. The van der Waals surface area contributed by atoms with Gasteiger partial charge in [-0.25, -0.2) is 4.79 Å². The Bertz CT molecular complexity index is 1240. The number of rotatable bonds is 8. The Kier molecular flexibility index (Phi) is 7.07. The largest absolute Gasteiger partial charge is 0.469 e. The maximum Gasteiger partial charge on any atom is 0.336 e. The zero-order chi connectivity index (χ0) is 27.1. The van der Waals surface area contributed by atoms with Crippen LogP contribution in [0.2, 0.25) is 0 Å². The highest BCUT2D eigenvalue weighted by Gasteiger charge is 2.65. The van der Waals surface area contributed by atoms with Gasteiger partial charge in [-0.1, -0.05) is 55.5 Å². The molecule has 0 unspecified atom stereocenters. The highest BCUT2D eigenvalue weighted by atomic mass is 16.5. The number of benzene rings is 2. The molecule has 2 aromatic rings. The number of carbonyl (C=O) groups is 2. The summed E-state index contributed by atoms with van der Waals surface area (Å²) < 4.78 is 10.5. The van der Waals surface area contributed by atoms with E-state index in [-0.39, 0.29) is 18.0 Å². The van der Waals surface area contributed by atoms with Gasteiger partial charge in [0.25, 0.3) is 0 Å². The fraction of sp³-hybridized carbons (Fsp3) is 0.467. The van der Waals surface area contributed by atoms with Crippen LogP contribution in [0.4, 0.5) is 5.69 Å². The predicted octanol–water partition coefficient (Wildman–Crippen LogP) is 2.99. The molecule has 8 nitrogen and oxygen atoms in total. The number of anilines is 1. The number of carbonyl (C=O) groups excluding carboxylic acids is 2. The molecule has 1 saturated heterocycles. The first-order valence-electron chi connectivity index (χ1n) is 13.2. The Morgan fingerprint density at radius 3 is 2.47 bits per heavy atom. The van der Waals surface area contributed by atoms with Gasteiger partial charge in [-0.05, 0) is 42.4 Å². The van der Waals surface area contributed by atoms with E-state index in [0.29, 0.717) is 18.7 Å². The zero-order valence-electron chi connectivity index (χ0n) is 22.1. The minimum Gasteiger partial charge on any atom is -0.469 e. The van der Waals surface area contributed by atoms with Gasteiger partial charge in [-0.15, -0.1) is 0 Å². The molecule has 5 rings (SSSR count). The Morgan fingerprint density at radius 1 is 1.11 bits per heavy atom. The van der Waals surface area contributed by atoms with Gasteiger partial charge in [0, 0.05) is 30.5 Å². The van der Waals surface area contributed by atoms with Crippen LogP contribution < -0.4 is 5.32 Å². The van der Waals surface area contributed by atoms with Gasteiger partial charge in [-0.2, -0.15) is 0 Å². The first kappa shape index (κ1) is 26.4. The summed E-state index contributed by atoms with van der Waals surface area (Å²) in [5.74, 6) is -2.67. The lowest BCUT2D eigenvalue weighted by molar-refractivity contribution is -0.153. The second-order valence-electron chi connectivity index (χ2n) is 10.7. The van der Waals surface area contributed by atoms with Crippen LogP contribution in [0, 0.1) is 11.8 Å². The number of esters is 2. The van der Waals surface area contributed by atoms with Crippen LogP contribution in [0.5, 0.6) is 0 Å².